The summed E-state index contributed by atoms with van der Waals surface area (Å²) >= 11 is 0. The number of hydrogen-bond acceptors (Lipinski definition) is 3. The van der Waals surface area contributed by atoms with Crippen molar-refractivity contribution in [1.29, 1.82) is 0 Å². The van der Waals surface area contributed by atoms with Gasteiger partial charge in [0, 0.05) is 31.7 Å². The minimum Gasteiger partial charge on any atom is -0.309 e. The number of rotatable bonds is 3. The van der Waals surface area contributed by atoms with Gasteiger partial charge in [-0.15, -0.1) is 0 Å². The summed E-state index contributed by atoms with van der Waals surface area (Å²) in [4.78, 5) is 0. The lowest BCUT2D eigenvalue weighted by Crippen LogP contribution is -2.57. The van der Waals surface area contributed by atoms with Crippen LogP contribution in [0.4, 0.5) is 0 Å². The van der Waals surface area contributed by atoms with Crippen LogP contribution in [-0.4, -0.2) is 44.4 Å². The first-order valence-electron chi connectivity index (χ1n) is 4.96. The molecule has 0 aromatic carbocycles. The highest BCUT2D eigenvalue weighted by Crippen LogP contribution is 2.07. The second-order valence-electron chi connectivity index (χ2n) is 3.79. The van der Waals surface area contributed by atoms with Crippen LogP contribution in [0, 0.1) is 0 Å². The SMILES string of the molecule is CCNS(=O)(=O)N1CC(C)NC(C)C1. The van der Waals surface area contributed by atoms with Gasteiger partial charge in [0.15, 0.2) is 0 Å². The molecule has 2 unspecified atom stereocenters. The molecular weight excluding hydrogens is 202 g/mol. The highest BCUT2D eigenvalue weighted by molar-refractivity contribution is 7.87. The van der Waals surface area contributed by atoms with E-state index in [1.54, 1.807) is 6.92 Å². The molecule has 84 valence electrons. The Kier molecular flexibility index (Phi) is 3.88. The maximum absolute atomic E-state index is 11.7. The molecule has 6 heteroatoms. The Morgan fingerprint density at radius 1 is 1.36 bits per heavy atom. The zero-order valence-electron chi connectivity index (χ0n) is 8.95. The molecule has 1 aliphatic heterocycles. The average Bonchev–Trinajstić information content (AvgIpc) is 2.02. The lowest BCUT2D eigenvalue weighted by molar-refractivity contribution is 0.260. The molecule has 0 aromatic rings. The monoisotopic (exact) mass is 221 g/mol. The highest BCUT2D eigenvalue weighted by Gasteiger charge is 2.29. The lowest BCUT2D eigenvalue weighted by Gasteiger charge is -2.35. The van der Waals surface area contributed by atoms with Gasteiger partial charge in [0.1, 0.15) is 0 Å². The second-order valence-corrected chi connectivity index (χ2v) is 5.54. The number of hydrogen-bond donors (Lipinski definition) is 2. The number of piperazine rings is 1. The summed E-state index contributed by atoms with van der Waals surface area (Å²) in [6.45, 7) is 7.29. The summed E-state index contributed by atoms with van der Waals surface area (Å²) < 4.78 is 27.3. The van der Waals surface area contributed by atoms with Crippen molar-refractivity contribution in [2.45, 2.75) is 32.9 Å². The predicted octanol–water partition coefficient (Wildman–Crippen LogP) is -0.477. The average molecular weight is 221 g/mol. The Balaban J connectivity index is 2.68. The largest absolute Gasteiger partial charge is 0.309 e. The van der Waals surface area contributed by atoms with Crippen molar-refractivity contribution in [3.8, 4) is 0 Å². The Labute approximate surface area is 86.0 Å². The third kappa shape index (κ3) is 2.91. The summed E-state index contributed by atoms with van der Waals surface area (Å²) in [6, 6.07) is 0.430. The normalized spacial score (nSPS) is 30.5. The lowest BCUT2D eigenvalue weighted by atomic mass is 10.2. The molecule has 1 rings (SSSR count). The topological polar surface area (TPSA) is 61.4 Å². The summed E-state index contributed by atoms with van der Waals surface area (Å²) in [6.07, 6.45) is 0. The van der Waals surface area contributed by atoms with Crippen LogP contribution in [0.3, 0.4) is 0 Å². The molecule has 0 radical (unpaired) electrons. The summed E-state index contributed by atoms with van der Waals surface area (Å²) in [5, 5.41) is 3.29. The highest BCUT2D eigenvalue weighted by atomic mass is 32.2. The Morgan fingerprint density at radius 3 is 2.29 bits per heavy atom. The van der Waals surface area contributed by atoms with E-state index in [-0.39, 0.29) is 12.1 Å². The van der Waals surface area contributed by atoms with Crippen molar-refractivity contribution in [1.82, 2.24) is 14.3 Å². The minimum absolute atomic E-state index is 0.215. The molecule has 2 N–H and O–H groups in total. The van der Waals surface area contributed by atoms with Crippen molar-refractivity contribution in [2.75, 3.05) is 19.6 Å². The molecule has 0 spiro atoms. The van der Waals surface area contributed by atoms with Crippen LogP contribution in [0.15, 0.2) is 0 Å². The van der Waals surface area contributed by atoms with Gasteiger partial charge < -0.3 is 5.32 Å². The molecule has 1 aliphatic rings. The molecule has 5 nitrogen and oxygen atoms in total. The minimum atomic E-state index is -3.26. The van der Waals surface area contributed by atoms with Crippen molar-refractivity contribution in [3.05, 3.63) is 0 Å². The second kappa shape index (κ2) is 4.57. The standard InChI is InChI=1S/C8H19N3O2S/c1-4-9-14(12,13)11-5-7(2)10-8(3)6-11/h7-10H,4-6H2,1-3H3. The Morgan fingerprint density at radius 2 is 1.86 bits per heavy atom. The summed E-state index contributed by atoms with van der Waals surface area (Å²) in [5.41, 5.74) is 0. The van der Waals surface area contributed by atoms with Gasteiger partial charge in [0.2, 0.25) is 0 Å². The van der Waals surface area contributed by atoms with E-state index in [9.17, 15) is 8.42 Å². The van der Waals surface area contributed by atoms with Gasteiger partial charge in [-0.3, -0.25) is 0 Å². The fraction of sp³-hybridized carbons (Fsp3) is 1.00. The molecule has 0 aromatic heterocycles. The molecule has 2 atom stereocenters. The van der Waals surface area contributed by atoms with Crippen LogP contribution in [0.1, 0.15) is 20.8 Å². The first kappa shape index (κ1) is 11.9. The number of nitrogens with zero attached hydrogens (tertiary/aromatic N) is 1. The molecule has 1 fully saturated rings. The van der Waals surface area contributed by atoms with Crippen molar-refractivity contribution < 1.29 is 8.42 Å². The van der Waals surface area contributed by atoms with Crippen LogP contribution >= 0.6 is 0 Å². The van der Waals surface area contributed by atoms with E-state index in [1.807, 2.05) is 13.8 Å². The predicted molar refractivity (Wildman–Crippen MR) is 56.2 cm³/mol. The Bertz CT molecular complexity index is 268. The van der Waals surface area contributed by atoms with Gasteiger partial charge in [-0.25, -0.2) is 4.72 Å². The van der Waals surface area contributed by atoms with Crippen molar-refractivity contribution in [3.63, 3.8) is 0 Å². The van der Waals surface area contributed by atoms with Crippen LogP contribution in [0.2, 0.25) is 0 Å². The van der Waals surface area contributed by atoms with Gasteiger partial charge >= 0.3 is 0 Å². The van der Waals surface area contributed by atoms with E-state index in [1.165, 1.54) is 4.31 Å². The van der Waals surface area contributed by atoms with Gasteiger partial charge in [-0.05, 0) is 13.8 Å². The number of nitrogens with one attached hydrogen (secondary N) is 2. The molecule has 0 amide bonds. The van der Waals surface area contributed by atoms with E-state index in [0.717, 1.165) is 0 Å². The fourth-order valence-corrected chi connectivity index (χ4v) is 3.13. The van der Waals surface area contributed by atoms with Crippen LogP contribution in [0.5, 0.6) is 0 Å². The van der Waals surface area contributed by atoms with Crippen LogP contribution in [-0.2, 0) is 10.2 Å². The van der Waals surface area contributed by atoms with Gasteiger partial charge in [-0.1, -0.05) is 6.92 Å². The smallest absolute Gasteiger partial charge is 0.279 e. The van der Waals surface area contributed by atoms with Gasteiger partial charge in [0.25, 0.3) is 10.2 Å². The fourth-order valence-electron chi connectivity index (χ4n) is 1.75. The zero-order chi connectivity index (χ0) is 10.8. The van der Waals surface area contributed by atoms with Gasteiger partial charge in [-0.2, -0.15) is 12.7 Å². The first-order valence-corrected chi connectivity index (χ1v) is 6.40. The van der Waals surface area contributed by atoms with Crippen molar-refractivity contribution >= 4 is 10.2 Å². The maximum Gasteiger partial charge on any atom is 0.279 e. The molecular formula is C8H19N3O2S. The third-order valence-electron chi connectivity index (χ3n) is 2.19. The summed E-state index contributed by atoms with van der Waals surface area (Å²) in [5.74, 6) is 0. The maximum atomic E-state index is 11.7. The van der Waals surface area contributed by atoms with E-state index in [0.29, 0.717) is 19.6 Å². The molecule has 1 heterocycles. The quantitative estimate of drug-likeness (QED) is 0.677. The third-order valence-corrected chi connectivity index (χ3v) is 3.82. The van der Waals surface area contributed by atoms with Crippen LogP contribution in [0.25, 0.3) is 0 Å². The molecule has 0 saturated carbocycles. The van der Waals surface area contributed by atoms with E-state index < -0.39 is 10.2 Å². The molecule has 0 aliphatic carbocycles. The van der Waals surface area contributed by atoms with Crippen molar-refractivity contribution in [2.24, 2.45) is 0 Å². The first-order chi connectivity index (χ1) is 6.45. The molecule has 14 heavy (non-hydrogen) atoms. The van der Waals surface area contributed by atoms with E-state index >= 15 is 0 Å². The summed E-state index contributed by atoms with van der Waals surface area (Å²) in [7, 11) is -3.26. The van der Waals surface area contributed by atoms with E-state index in [4.69, 9.17) is 0 Å². The molecule has 0 bridgehead atoms. The molecule has 1 saturated heterocycles. The van der Waals surface area contributed by atoms with Gasteiger partial charge in [0.05, 0.1) is 0 Å². The zero-order valence-corrected chi connectivity index (χ0v) is 9.76. The van der Waals surface area contributed by atoms with Crippen LogP contribution < -0.4 is 10.0 Å². The van der Waals surface area contributed by atoms with E-state index in [2.05, 4.69) is 10.0 Å². The Hall–Kier alpha value is -0.170.